The van der Waals surface area contributed by atoms with Crippen LogP contribution in [0.5, 0.6) is 0 Å². The number of hydrogen-bond acceptors (Lipinski definition) is 6. The minimum absolute atomic E-state index is 0.00939. The van der Waals surface area contributed by atoms with E-state index in [1.54, 1.807) is 18.7 Å². The number of amides is 1. The van der Waals surface area contributed by atoms with Crippen molar-refractivity contribution in [2.75, 3.05) is 18.8 Å². The number of carbonyl (C=O) groups excluding carboxylic acids is 1. The normalized spacial score (nSPS) is 17.1. The van der Waals surface area contributed by atoms with Gasteiger partial charge in [-0.3, -0.25) is 4.79 Å². The van der Waals surface area contributed by atoms with Crippen LogP contribution < -0.4 is 4.72 Å². The number of aromatic nitrogens is 2. The topological polar surface area (TPSA) is 105 Å². The molecule has 0 aliphatic carbocycles. The average Bonchev–Trinajstić information content (AvgIpc) is 2.94. The number of likely N-dealkylation sites (tertiary alicyclic amines) is 1. The maximum atomic E-state index is 11.3. The van der Waals surface area contributed by atoms with Gasteiger partial charge in [-0.2, -0.15) is 4.98 Å². The fraction of sp³-hybridized carbons (Fsp3) is 0.750. The molecule has 1 fully saturated rings. The van der Waals surface area contributed by atoms with Crippen LogP contribution in [0.3, 0.4) is 0 Å². The molecule has 1 aliphatic heterocycles. The number of sulfonamides is 1. The first-order chi connectivity index (χ1) is 9.91. The van der Waals surface area contributed by atoms with Gasteiger partial charge < -0.3 is 9.42 Å². The molecule has 1 N–H and O–H groups in total. The van der Waals surface area contributed by atoms with Crippen molar-refractivity contribution in [2.45, 2.75) is 39.2 Å². The first kappa shape index (κ1) is 15.9. The number of hydrogen-bond donors (Lipinski definition) is 1. The highest BCUT2D eigenvalue weighted by molar-refractivity contribution is 7.89. The summed E-state index contributed by atoms with van der Waals surface area (Å²) in [5.41, 5.74) is 0. The van der Waals surface area contributed by atoms with E-state index in [0.717, 1.165) is 12.8 Å². The van der Waals surface area contributed by atoms with Crippen LogP contribution in [0.1, 0.15) is 44.3 Å². The standard InChI is InChI=1S/C12H20N4O4S/c1-3-21(18,19)13-8-11-14-12(15-20-11)10-4-6-16(7-5-10)9(2)17/h10,13H,3-8H2,1-2H3. The molecule has 118 valence electrons. The molecule has 0 bridgehead atoms. The molecule has 0 spiro atoms. The Bertz CT molecular complexity index is 590. The first-order valence-electron chi connectivity index (χ1n) is 6.96. The molecule has 1 aromatic rings. The van der Waals surface area contributed by atoms with Crippen molar-refractivity contribution in [3.8, 4) is 0 Å². The maximum absolute atomic E-state index is 11.3. The van der Waals surface area contributed by atoms with Gasteiger partial charge in [-0.15, -0.1) is 0 Å². The lowest BCUT2D eigenvalue weighted by molar-refractivity contribution is -0.129. The molecule has 0 atom stereocenters. The highest BCUT2D eigenvalue weighted by Crippen LogP contribution is 2.25. The molecule has 21 heavy (non-hydrogen) atoms. The van der Waals surface area contributed by atoms with E-state index in [9.17, 15) is 13.2 Å². The number of nitrogens with one attached hydrogen (secondary N) is 1. The summed E-state index contributed by atoms with van der Waals surface area (Å²) in [5, 5.41) is 3.91. The number of rotatable bonds is 5. The van der Waals surface area contributed by atoms with E-state index in [2.05, 4.69) is 14.9 Å². The van der Waals surface area contributed by atoms with Crippen molar-refractivity contribution in [3.05, 3.63) is 11.7 Å². The second kappa shape index (κ2) is 6.52. The summed E-state index contributed by atoms with van der Waals surface area (Å²) in [6, 6.07) is 0. The van der Waals surface area contributed by atoms with Crippen LogP contribution in [0.15, 0.2) is 4.52 Å². The molecule has 0 saturated carbocycles. The minimum atomic E-state index is -3.27. The van der Waals surface area contributed by atoms with E-state index in [1.165, 1.54) is 0 Å². The Labute approximate surface area is 123 Å². The van der Waals surface area contributed by atoms with Gasteiger partial charge in [0.15, 0.2) is 5.82 Å². The van der Waals surface area contributed by atoms with E-state index in [0.29, 0.717) is 18.9 Å². The molecule has 0 unspecified atom stereocenters. The lowest BCUT2D eigenvalue weighted by Gasteiger charge is -2.29. The van der Waals surface area contributed by atoms with Crippen molar-refractivity contribution in [1.82, 2.24) is 19.8 Å². The molecular weight excluding hydrogens is 296 g/mol. The van der Waals surface area contributed by atoms with Crippen LogP contribution >= 0.6 is 0 Å². The summed E-state index contributed by atoms with van der Waals surface area (Å²) in [7, 11) is -3.27. The smallest absolute Gasteiger partial charge is 0.241 e. The average molecular weight is 316 g/mol. The third kappa shape index (κ3) is 4.24. The third-order valence-electron chi connectivity index (χ3n) is 3.61. The van der Waals surface area contributed by atoms with Crippen molar-refractivity contribution in [2.24, 2.45) is 0 Å². The van der Waals surface area contributed by atoms with Gasteiger partial charge in [-0.1, -0.05) is 5.16 Å². The highest BCUT2D eigenvalue weighted by Gasteiger charge is 2.25. The molecule has 0 radical (unpaired) electrons. The van der Waals surface area contributed by atoms with Gasteiger partial charge in [-0.25, -0.2) is 13.1 Å². The molecule has 1 aliphatic rings. The van der Waals surface area contributed by atoms with Gasteiger partial charge in [0.25, 0.3) is 0 Å². The van der Waals surface area contributed by atoms with Crippen LogP contribution in [0.2, 0.25) is 0 Å². The molecule has 2 heterocycles. The second-order valence-corrected chi connectivity index (χ2v) is 7.15. The lowest BCUT2D eigenvalue weighted by atomic mass is 9.96. The summed E-state index contributed by atoms with van der Waals surface area (Å²) in [5.74, 6) is 1.09. The van der Waals surface area contributed by atoms with E-state index in [-0.39, 0.29) is 30.0 Å². The predicted molar refractivity (Wildman–Crippen MR) is 74.8 cm³/mol. The zero-order chi connectivity index (χ0) is 15.5. The van der Waals surface area contributed by atoms with Gasteiger partial charge in [0.1, 0.15) is 0 Å². The maximum Gasteiger partial charge on any atom is 0.241 e. The van der Waals surface area contributed by atoms with Crippen LogP contribution in [-0.4, -0.2) is 48.2 Å². The number of piperidine rings is 1. The summed E-state index contributed by atoms with van der Waals surface area (Å²) >= 11 is 0. The zero-order valence-electron chi connectivity index (χ0n) is 12.2. The minimum Gasteiger partial charge on any atom is -0.343 e. The van der Waals surface area contributed by atoms with E-state index >= 15 is 0 Å². The van der Waals surface area contributed by atoms with Crippen molar-refractivity contribution >= 4 is 15.9 Å². The second-order valence-electron chi connectivity index (χ2n) is 5.05. The Morgan fingerprint density at radius 1 is 1.43 bits per heavy atom. The van der Waals surface area contributed by atoms with Crippen LogP contribution in [0.4, 0.5) is 0 Å². The van der Waals surface area contributed by atoms with Crippen molar-refractivity contribution < 1.29 is 17.7 Å². The largest absolute Gasteiger partial charge is 0.343 e. The van der Waals surface area contributed by atoms with Crippen LogP contribution in [0.25, 0.3) is 0 Å². The Kier molecular flexibility index (Phi) is 4.94. The highest BCUT2D eigenvalue weighted by atomic mass is 32.2. The van der Waals surface area contributed by atoms with E-state index < -0.39 is 10.0 Å². The Balaban J connectivity index is 1.90. The third-order valence-corrected chi connectivity index (χ3v) is 4.96. The van der Waals surface area contributed by atoms with Crippen LogP contribution in [0, 0.1) is 0 Å². The van der Waals surface area contributed by atoms with E-state index in [1.807, 2.05) is 0 Å². The molecule has 1 amide bonds. The monoisotopic (exact) mass is 316 g/mol. The summed E-state index contributed by atoms with van der Waals surface area (Å²) < 4.78 is 30.1. The van der Waals surface area contributed by atoms with Gasteiger partial charge in [-0.05, 0) is 19.8 Å². The summed E-state index contributed by atoms with van der Waals surface area (Å²) in [6.07, 6.45) is 1.58. The van der Waals surface area contributed by atoms with Gasteiger partial charge in [0.05, 0.1) is 12.3 Å². The van der Waals surface area contributed by atoms with Crippen LogP contribution in [-0.2, 0) is 21.4 Å². The van der Waals surface area contributed by atoms with Crippen molar-refractivity contribution in [3.63, 3.8) is 0 Å². The molecule has 1 aromatic heterocycles. The van der Waals surface area contributed by atoms with Gasteiger partial charge >= 0.3 is 0 Å². The Morgan fingerprint density at radius 2 is 2.10 bits per heavy atom. The van der Waals surface area contributed by atoms with Crippen molar-refractivity contribution in [1.29, 1.82) is 0 Å². The Morgan fingerprint density at radius 3 is 2.67 bits per heavy atom. The summed E-state index contributed by atoms with van der Waals surface area (Å²) in [4.78, 5) is 17.3. The summed E-state index contributed by atoms with van der Waals surface area (Å²) in [6.45, 7) is 4.51. The predicted octanol–water partition coefficient (Wildman–Crippen LogP) is 0.235. The fourth-order valence-corrected chi connectivity index (χ4v) is 2.78. The zero-order valence-corrected chi connectivity index (χ0v) is 13.0. The van der Waals surface area contributed by atoms with Gasteiger partial charge in [0.2, 0.25) is 21.8 Å². The molecule has 0 aromatic carbocycles. The Hall–Kier alpha value is -1.48. The van der Waals surface area contributed by atoms with Gasteiger partial charge in [0, 0.05) is 25.9 Å². The fourth-order valence-electron chi connectivity index (χ4n) is 2.23. The lowest BCUT2D eigenvalue weighted by Crippen LogP contribution is -2.36. The number of nitrogens with zero attached hydrogens (tertiary/aromatic N) is 3. The van der Waals surface area contributed by atoms with E-state index in [4.69, 9.17) is 4.52 Å². The molecular formula is C12H20N4O4S. The molecule has 8 nitrogen and oxygen atoms in total. The SMILES string of the molecule is CCS(=O)(=O)NCc1nc(C2CCN(C(C)=O)CC2)no1. The molecule has 9 heteroatoms. The first-order valence-corrected chi connectivity index (χ1v) is 8.62. The molecule has 1 saturated heterocycles. The quantitative estimate of drug-likeness (QED) is 0.834. The molecule has 2 rings (SSSR count). The number of carbonyl (C=O) groups is 1.